The Kier molecular flexibility index (Phi) is 37.6. The number of aliphatic hydroxyl groups excluding tert-OH is 3. The van der Waals surface area contributed by atoms with Crippen LogP contribution >= 0.6 is 0 Å². The molecule has 0 bridgehead atoms. The number of hydrogen-bond donors (Lipinski definition) is 5. The van der Waals surface area contributed by atoms with E-state index in [4.69, 9.17) is 9.84 Å². The second-order valence-electron chi connectivity index (χ2n) is 18.2. The minimum Gasteiger partial charge on any atom is -0.481 e. The molecule has 1 aliphatic heterocycles. The fraction of sp³-hybridized carbons (Fsp3) is 0.940. The van der Waals surface area contributed by atoms with E-state index in [9.17, 15) is 29.7 Å². The first kappa shape index (κ1) is 56.3. The number of hydrogen-bond acceptors (Lipinski definition) is 7. The first-order valence-electron chi connectivity index (χ1n) is 25.7. The summed E-state index contributed by atoms with van der Waals surface area (Å²) in [5, 5.41) is 43.9. The van der Waals surface area contributed by atoms with Gasteiger partial charge in [0.15, 0.2) is 6.23 Å². The molecule has 0 aliphatic carbocycles. The Hall–Kier alpha value is -1.75. The highest BCUT2D eigenvalue weighted by Gasteiger charge is 2.48. The van der Waals surface area contributed by atoms with Crippen LogP contribution in [0.2, 0.25) is 0 Å². The lowest BCUT2D eigenvalue weighted by atomic mass is 9.94. The zero-order valence-electron chi connectivity index (χ0n) is 39.0. The quantitative estimate of drug-likeness (QED) is 0.0380. The number of unbranched alkanes of at least 4 members (excludes halogenated alkanes) is 32. The lowest BCUT2D eigenvalue weighted by Crippen LogP contribution is -2.68. The SMILES string of the molecule is CCCCCCCCCCCCCCCCCCN(C(=O)CCCCCCCCCCCCCCCCC)[C@@H]1O[C@H](CO)[C@@H](O)[C@H](O)[C@@H]1NC(=O)CCCCCCC(=O)O. The molecule has 0 radical (unpaired) electrons. The zero-order chi connectivity index (χ0) is 43.9. The van der Waals surface area contributed by atoms with Crippen LogP contribution in [0, 0.1) is 0 Å². The van der Waals surface area contributed by atoms with Gasteiger partial charge in [-0.25, -0.2) is 0 Å². The van der Waals surface area contributed by atoms with Gasteiger partial charge >= 0.3 is 5.97 Å². The molecule has 0 unspecified atom stereocenters. The molecule has 5 N–H and O–H groups in total. The van der Waals surface area contributed by atoms with Crippen LogP contribution in [0.15, 0.2) is 0 Å². The Bertz CT molecular complexity index is 1010. The van der Waals surface area contributed by atoms with Gasteiger partial charge in [-0.3, -0.25) is 14.4 Å². The molecule has 60 heavy (non-hydrogen) atoms. The van der Waals surface area contributed by atoms with Crippen molar-refractivity contribution in [2.45, 2.75) is 288 Å². The molecule has 1 saturated heterocycles. The molecule has 10 heteroatoms. The van der Waals surface area contributed by atoms with Gasteiger partial charge in [0.1, 0.15) is 24.4 Å². The average Bonchev–Trinajstić information content (AvgIpc) is 3.23. The molecular weight excluding hydrogens is 757 g/mol. The standard InChI is InChI=1S/C50H96N2O8/c1-3-5-7-9-11-13-15-17-19-21-23-25-27-29-33-37-41-52(45(55)39-35-30-28-26-24-22-20-18-16-14-12-10-8-6-4-2)50-47(49(59)48(58)43(42-53)60-50)51-44(54)38-34-31-32-36-40-46(56)57/h43,47-50,53,58-59H,3-42H2,1-2H3,(H,51,54)(H,56,57)/t43-,47+,48-,49-,50-/m1/s1. The number of nitrogens with zero attached hydrogens (tertiary/aromatic N) is 1. The van der Waals surface area contributed by atoms with Crippen molar-refractivity contribution in [1.82, 2.24) is 10.2 Å². The summed E-state index contributed by atoms with van der Waals surface area (Å²) in [6, 6.07) is -1.05. The first-order valence-corrected chi connectivity index (χ1v) is 25.7. The number of aliphatic carboxylic acids is 1. The summed E-state index contributed by atoms with van der Waals surface area (Å²) in [6.07, 6.45) is 36.9. The van der Waals surface area contributed by atoms with E-state index in [1.807, 2.05) is 0 Å². The molecule has 10 nitrogen and oxygen atoms in total. The van der Waals surface area contributed by atoms with E-state index in [2.05, 4.69) is 19.2 Å². The van der Waals surface area contributed by atoms with Crippen LogP contribution in [0.4, 0.5) is 0 Å². The Morgan fingerprint density at radius 2 is 0.833 bits per heavy atom. The van der Waals surface area contributed by atoms with Crippen molar-refractivity contribution in [3.05, 3.63) is 0 Å². The van der Waals surface area contributed by atoms with Gasteiger partial charge in [-0.15, -0.1) is 0 Å². The van der Waals surface area contributed by atoms with Gasteiger partial charge in [0.05, 0.1) is 6.61 Å². The molecular formula is C50H96N2O8. The topological polar surface area (TPSA) is 157 Å². The molecule has 354 valence electrons. The monoisotopic (exact) mass is 853 g/mol. The van der Waals surface area contributed by atoms with Crippen LogP contribution in [0.5, 0.6) is 0 Å². The van der Waals surface area contributed by atoms with Crippen LogP contribution in [-0.2, 0) is 19.1 Å². The number of carboxylic acid groups (broad SMARTS) is 1. The van der Waals surface area contributed by atoms with E-state index in [0.717, 1.165) is 44.9 Å². The van der Waals surface area contributed by atoms with Crippen LogP contribution < -0.4 is 5.32 Å². The highest BCUT2D eigenvalue weighted by molar-refractivity contribution is 5.78. The van der Waals surface area contributed by atoms with Gasteiger partial charge in [0, 0.05) is 25.8 Å². The number of rotatable bonds is 43. The van der Waals surface area contributed by atoms with E-state index < -0.39 is 43.2 Å². The Labute approximate surface area is 368 Å². The van der Waals surface area contributed by atoms with E-state index >= 15 is 0 Å². The van der Waals surface area contributed by atoms with E-state index in [0.29, 0.717) is 38.6 Å². The molecule has 0 aromatic rings. The molecule has 2 amide bonds. The predicted molar refractivity (Wildman–Crippen MR) is 246 cm³/mol. The Balaban J connectivity index is 2.65. The minimum absolute atomic E-state index is 0.0892. The van der Waals surface area contributed by atoms with Crippen molar-refractivity contribution < 1.29 is 39.5 Å². The van der Waals surface area contributed by atoms with Crippen molar-refractivity contribution in [2.75, 3.05) is 13.2 Å². The molecule has 0 aromatic carbocycles. The minimum atomic E-state index is -1.42. The summed E-state index contributed by atoms with van der Waals surface area (Å²) in [6.45, 7) is 4.42. The molecule has 0 aromatic heterocycles. The third-order valence-corrected chi connectivity index (χ3v) is 12.6. The molecule has 1 rings (SSSR count). The van der Waals surface area contributed by atoms with E-state index in [1.165, 1.54) is 154 Å². The van der Waals surface area contributed by atoms with Crippen LogP contribution in [-0.4, -0.2) is 86.8 Å². The summed E-state index contributed by atoms with van der Waals surface area (Å²) < 4.78 is 6.18. The lowest BCUT2D eigenvalue weighted by Gasteiger charge is -2.47. The molecule has 5 atom stereocenters. The number of carbonyl (C=O) groups is 3. The highest BCUT2D eigenvalue weighted by Crippen LogP contribution is 2.26. The van der Waals surface area contributed by atoms with Crippen molar-refractivity contribution in [2.24, 2.45) is 0 Å². The van der Waals surface area contributed by atoms with Gasteiger partial charge < -0.3 is 35.4 Å². The van der Waals surface area contributed by atoms with Crippen molar-refractivity contribution in [3.8, 4) is 0 Å². The summed E-state index contributed by atoms with van der Waals surface area (Å²) >= 11 is 0. The van der Waals surface area contributed by atoms with Crippen LogP contribution in [0.1, 0.15) is 258 Å². The van der Waals surface area contributed by atoms with Crippen LogP contribution in [0.25, 0.3) is 0 Å². The second-order valence-corrected chi connectivity index (χ2v) is 18.2. The van der Waals surface area contributed by atoms with Gasteiger partial charge in [-0.1, -0.05) is 213 Å². The second kappa shape index (κ2) is 40.1. The lowest BCUT2D eigenvalue weighted by molar-refractivity contribution is -0.231. The summed E-state index contributed by atoms with van der Waals surface area (Å²) in [4.78, 5) is 39.6. The molecule has 1 heterocycles. The highest BCUT2D eigenvalue weighted by atomic mass is 16.5. The number of carbonyl (C=O) groups excluding carboxylic acids is 2. The van der Waals surface area contributed by atoms with Crippen LogP contribution in [0.3, 0.4) is 0 Å². The fourth-order valence-corrected chi connectivity index (χ4v) is 8.71. The number of nitrogens with one attached hydrogen (secondary N) is 1. The molecule has 0 spiro atoms. The van der Waals surface area contributed by atoms with E-state index in [-0.39, 0.29) is 24.7 Å². The van der Waals surface area contributed by atoms with Gasteiger partial charge in [-0.05, 0) is 25.7 Å². The molecule has 0 saturated carbocycles. The fourth-order valence-electron chi connectivity index (χ4n) is 8.71. The number of ether oxygens (including phenoxy) is 1. The van der Waals surface area contributed by atoms with Crippen molar-refractivity contribution in [3.63, 3.8) is 0 Å². The summed E-state index contributed by atoms with van der Waals surface area (Å²) in [7, 11) is 0. The maximum atomic E-state index is 14.0. The maximum absolute atomic E-state index is 14.0. The third kappa shape index (κ3) is 29.5. The van der Waals surface area contributed by atoms with Gasteiger partial charge in [0.25, 0.3) is 0 Å². The first-order chi connectivity index (χ1) is 29.3. The maximum Gasteiger partial charge on any atom is 0.303 e. The smallest absolute Gasteiger partial charge is 0.303 e. The summed E-state index contributed by atoms with van der Waals surface area (Å²) in [5.41, 5.74) is 0. The molecule has 1 aliphatic rings. The zero-order valence-corrected chi connectivity index (χ0v) is 39.0. The third-order valence-electron chi connectivity index (χ3n) is 12.6. The predicted octanol–water partition coefficient (Wildman–Crippen LogP) is 11.7. The van der Waals surface area contributed by atoms with E-state index in [1.54, 1.807) is 4.90 Å². The number of amides is 2. The number of aliphatic hydroxyl groups is 3. The summed E-state index contributed by atoms with van der Waals surface area (Å²) in [5.74, 6) is -1.24. The Morgan fingerprint density at radius 3 is 1.22 bits per heavy atom. The largest absolute Gasteiger partial charge is 0.481 e. The Morgan fingerprint density at radius 1 is 0.483 bits per heavy atom. The average molecular weight is 853 g/mol. The van der Waals surface area contributed by atoms with Crippen molar-refractivity contribution >= 4 is 17.8 Å². The van der Waals surface area contributed by atoms with Crippen molar-refractivity contribution in [1.29, 1.82) is 0 Å². The van der Waals surface area contributed by atoms with Gasteiger partial charge in [0.2, 0.25) is 11.8 Å². The molecule has 1 fully saturated rings. The number of carboxylic acids is 1. The normalized spacial score (nSPS) is 19.1. The van der Waals surface area contributed by atoms with Gasteiger partial charge in [-0.2, -0.15) is 0 Å².